The lowest BCUT2D eigenvalue weighted by atomic mass is 9.97. The van der Waals surface area contributed by atoms with Crippen molar-refractivity contribution in [3.05, 3.63) is 16.6 Å². The highest BCUT2D eigenvalue weighted by Gasteiger charge is 2.24. The molecule has 2 unspecified atom stereocenters. The van der Waals surface area contributed by atoms with Gasteiger partial charge in [0.15, 0.2) is 0 Å². The molecule has 0 bridgehead atoms. The molecule has 0 spiro atoms. The van der Waals surface area contributed by atoms with Crippen molar-refractivity contribution >= 4 is 11.3 Å². The molecule has 1 fully saturated rings. The molecule has 1 aliphatic heterocycles. The minimum absolute atomic E-state index is 0.486. The maximum absolute atomic E-state index is 4.42. The van der Waals surface area contributed by atoms with Crippen LogP contribution < -0.4 is 5.32 Å². The van der Waals surface area contributed by atoms with Crippen LogP contribution in [0.1, 0.15) is 30.8 Å². The largest absolute Gasteiger partial charge is 0.319 e. The van der Waals surface area contributed by atoms with Gasteiger partial charge in [-0.1, -0.05) is 0 Å². The number of piperidine rings is 1. The lowest BCUT2D eigenvalue weighted by molar-refractivity contribution is 0.131. The van der Waals surface area contributed by atoms with Crippen LogP contribution in [-0.4, -0.2) is 36.6 Å². The van der Waals surface area contributed by atoms with Crippen molar-refractivity contribution in [2.24, 2.45) is 5.92 Å². The third-order valence-electron chi connectivity index (χ3n) is 3.40. The van der Waals surface area contributed by atoms with Crippen LogP contribution >= 0.6 is 11.3 Å². The number of nitrogens with zero attached hydrogens (tertiary/aromatic N) is 2. The third kappa shape index (κ3) is 2.81. The van der Waals surface area contributed by atoms with Crippen molar-refractivity contribution < 1.29 is 0 Å². The van der Waals surface area contributed by atoms with Crippen molar-refractivity contribution in [2.45, 2.75) is 25.8 Å². The molecule has 1 aromatic heterocycles. The molecule has 0 radical (unpaired) electrons. The van der Waals surface area contributed by atoms with E-state index in [1.54, 1.807) is 11.3 Å². The molecule has 2 heterocycles. The van der Waals surface area contributed by atoms with E-state index in [1.165, 1.54) is 30.9 Å². The number of hydrogen-bond donors (Lipinski definition) is 1. The quantitative estimate of drug-likeness (QED) is 0.872. The Morgan fingerprint density at radius 1 is 1.69 bits per heavy atom. The Kier molecular flexibility index (Phi) is 4.32. The van der Waals surface area contributed by atoms with Gasteiger partial charge in [0.25, 0.3) is 0 Å². The molecule has 1 aromatic rings. The van der Waals surface area contributed by atoms with Crippen LogP contribution in [0.2, 0.25) is 0 Å². The van der Waals surface area contributed by atoms with Crippen molar-refractivity contribution in [1.29, 1.82) is 0 Å². The maximum atomic E-state index is 4.42. The van der Waals surface area contributed by atoms with Gasteiger partial charge in [-0.3, -0.25) is 4.90 Å². The standard InChI is InChI=1S/C12H21N3S/c1-10(12-14-5-7-16-12)15-6-3-4-11(9-15)8-13-2/h5,7,10-11,13H,3-4,6,8-9H2,1-2H3. The summed E-state index contributed by atoms with van der Waals surface area (Å²) < 4.78 is 0. The number of rotatable bonds is 4. The molecule has 0 aliphatic carbocycles. The number of likely N-dealkylation sites (tertiary alicyclic amines) is 1. The predicted molar refractivity (Wildman–Crippen MR) is 68.8 cm³/mol. The summed E-state index contributed by atoms with van der Waals surface area (Å²) in [4.78, 5) is 7.00. The van der Waals surface area contributed by atoms with Gasteiger partial charge in [-0.05, 0) is 45.8 Å². The zero-order valence-corrected chi connectivity index (χ0v) is 11.0. The summed E-state index contributed by atoms with van der Waals surface area (Å²) in [6.07, 6.45) is 4.59. The summed E-state index contributed by atoms with van der Waals surface area (Å²) in [7, 11) is 2.04. The van der Waals surface area contributed by atoms with Gasteiger partial charge in [-0.15, -0.1) is 11.3 Å². The molecule has 1 N–H and O–H groups in total. The summed E-state index contributed by atoms with van der Waals surface area (Å²) in [5.41, 5.74) is 0. The van der Waals surface area contributed by atoms with Crippen molar-refractivity contribution in [1.82, 2.24) is 15.2 Å². The molecule has 3 nitrogen and oxygen atoms in total. The van der Waals surface area contributed by atoms with E-state index in [-0.39, 0.29) is 0 Å². The van der Waals surface area contributed by atoms with E-state index in [9.17, 15) is 0 Å². The van der Waals surface area contributed by atoms with Crippen LogP contribution in [0.15, 0.2) is 11.6 Å². The van der Waals surface area contributed by atoms with Gasteiger partial charge in [0.2, 0.25) is 0 Å². The fourth-order valence-corrected chi connectivity index (χ4v) is 3.23. The topological polar surface area (TPSA) is 28.2 Å². The van der Waals surface area contributed by atoms with Gasteiger partial charge in [0.1, 0.15) is 5.01 Å². The lowest BCUT2D eigenvalue weighted by Gasteiger charge is -2.36. The monoisotopic (exact) mass is 239 g/mol. The van der Waals surface area contributed by atoms with Crippen LogP contribution in [0.25, 0.3) is 0 Å². The van der Waals surface area contributed by atoms with E-state index in [2.05, 4.69) is 27.5 Å². The van der Waals surface area contributed by atoms with Crippen LogP contribution in [0, 0.1) is 5.92 Å². The van der Waals surface area contributed by atoms with Crippen LogP contribution in [-0.2, 0) is 0 Å². The van der Waals surface area contributed by atoms with Crippen LogP contribution in [0.4, 0.5) is 0 Å². The van der Waals surface area contributed by atoms with Crippen molar-refractivity contribution in [3.63, 3.8) is 0 Å². The average molecular weight is 239 g/mol. The molecule has 4 heteroatoms. The van der Waals surface area contributed by atoms with Crippen molar-refractivity contribution in [2.75, 3.05) is 26.7 Å². The first kappa shape index (κ1) is 12.0. The Morgan fingerprint density at radius 2 is 2.56 bits per heavy atom. The first-order valence-corrected chi connectivity index (χ1v) is 6.97. The Bertz CT molecular complexity index is 297. The highest BCUT2D eigenvalue weighted by atomic mass is 32.1. The second-order valence-electron chi connectivity index (χ2n) is 4.61. The second kappa shape index (κ2) is 5.75. The molecule has 2 rings (SSSR count). The first-order valence-electron chi connectivity index (χ1n) is 6.09. The highest BCUT2D eigenvalue weighted by molar-refractivity contribution is 7.09. The van der Waals surface area contributed by atoms with E-state index >= 15 is 0 Å². The first-order chi connectivity index (χ1) is 7.81. The molecule has 0 saturated carbocycles. The maximum Gasteiger partial charge on any atom is 0.109 e. The zero-order chi connectivity index (χ0) is 11.4. The number of hydrogen-bond acceptors (Lipinski definition) is 4. The number of thiazole rings is 1. The molecule has 1 aliphatic rings. The van der Waals surface area contributed by atoms with E-state index in [4.69, 9.17) is 0 Å². The van der Waals surface area contributed by atoms with Gasteiger partial charge in [-0.2, -0.15) is 0 Å². The second-order valence-corrected chi connectivity index (χ2v) is 5.53. The molecular weight excluding hydrogens is 218 g/mol. The molecule has 90 valence electrons. The molecule has 2 atom stereocenters. The van der Waals surface area contributed by atoms with E-state index in [0.717, 1.165) is 12.5 Å². The van der Waals surface area contributed by atoms with E-state index in [0.29, 0.717) is 6.04 Å². The fraction of sp³-hybridized carbons (Fsp3) is 0.750. The summed E-state index contributed by atoms with van der Waals surface area (Å²) in [5, 5.41) is 6.62. The highest BCUT2D eigenvalue weighted by Crippen LogP contribution is 2.27. The summed E-state index contributed by atoms with van der Waals surface area (Å²) in [6, 6.07) is 0.486. The van der Waals surface area contributed by atoms with Crippen LogP contribution in [0.5, 0.6) is 0 Å². The SMILES string of the molecule is CNCC1CCCN(C(C)c2nccs2)C1. The Hall–Kier alpha value is -0.450. The van der Waals surface area contributed by atoms with Crippen molar-refractivity contribution in [3.8, 4) is 0 Å². The molecular formula is C12H21N3S. The van der Waals surface area contributed by atoms with Gasteiger partial charge < -0.3 is 5.32 Å². The zero-order valence-electron chi connectivity index (χ0n) is 10.1. The van der Waals surface area contributed by atoms with Gasteiger partial charge in [0.05, 0.1) is 6.04 Å². The Labute approximate surface area is 102 Å². The normalized spacial score (nSPS) is 24.5. The molecule has 0 amide bonds. The summed E-state index contributed by atoms with van der Waals surface area (Å²) in [5.74, 6) is 0.807. The van der Waals surface area contributed by atoms with E-state index in [1.807, 2.05) is 13.2 Å². The summed E-state index contributed by atoms with van der Waals surface area (Å²) >= 11 is 1.77. The Balaban J connectivity index is 1.93. The lowest BCUT2D eigenvalue weighted by Crippen LogP contribution is -2.40. The predicted octanol–water partition coefficient (Wildman–Crippen LogP) is 2.14. The van der Waals surface area contributed by atoms with Gasteiger partial charge in [0, 0.05) is 18.1 Å². The number of nitrogens with one attached hydrogen (secondary N) is 1. The van der Waals surface area contributed by atoms with E-state index < -0.39 is 0 Å². The summed E-state index contributed by atoms with van der Waals surface area (Å²) in [6.45, 7) is 5.85. The van der Waals surface area contributed by atoms with Gasteiger partial charge >= 0.3 is 0 Å². The molecule has 0 aromatic carbocycles. The molecule has 1 saturated heterocycles. The minimum Gasteiger partial charge on any atom is -0.319 e. The molecule has 16 heavy (non-hydrogen) atoms. The fourth-order valence-electron chi connectivity index (χ4n) is 2.50. The minimum atomic E-state index is 0.486. The van der Waals surface area contributed by atoms with Crippen LogP contribution in [0.3, 0.4) is 0 Å². The number of aromatic nitrogens is 1. The van der Waals surface area contributed by atoms with Gasteiger partial charge in [-0.25, -0.2) is 4.98 Å². The third-order valence-corrected chi connectivity index (χ3v) is 4.35. The average Bonchev–Trinajstić information content (AvgIpc) is 2.82. The Morgan fingerprint density at radius 3 is 3.25 bits per heavy atom. The smallest absolute Gasteiger partial charge is 0.109 e.